The van der Waals surface area contributed by atoms with E-state index in [0.29, 0.717) is 16.3 Å². The van der Waals surface area contributed by atoms with Crippen molar-refractivity contribution in [1.82, 2.24) is 5.32 Å². The predicted octanol–water partition coefficient (Wildman–Crippen LogP) is 4.15. The molecule has 0 fully saturated rings. The van der Waals surface area contributed by atoms with E-state index in [1.165, 1.54) is 11.3 Å². The Hall–Kier alpha value is -2.34. The molecule has 0 bridgehead atoms. The van der Waals surface area contributed by atoms with Gasteiger partial charge in [0.15, 0.2) is 0 Å². The molecule has 5 nitrogen and oxygen atoms in total. The summed E-state index contributed by atoms with van der Waals surface area (Å²) in [7, 11) is 0. The third kappa shape index (κ3) is 4.82. The van der Waals surface area contributed by atoms with Crippen molar-refractivity contribution < 1.29 is 9.59 Å². The number of carbonyl (C=O) groups excluding carboxylic acids is 2. The van der Waals surface area contributed by atoms with E-state index in [0.717, 1.165) is 10.4 Å². The van der Waals surface area contributed by atoms with Gasteiger partial charge >= 0.3 is 6.03 Å². The fourth-order valence-corrected chi connectivity index (χ4v) is 2.91. The lowest BCUT2D eigenvalue weighted by molar-refractivity contribution is 0.103. The van der Waals surface area contributed by atoms with Gasteiger partial charge in [-0.2, -0.15) is 0 Å². The van der Waals surface area contributed by atoms with Gasteiger partial charge in [-0.15, -0.1) is 11.3 Å². The van der Waals surface area contributed by atoms with Crippen LogP contribution >= 0.6 is 11.3 Å². The number of amides is 3. The van der Waals surface area contributed by atoms with Gasteiger partial charge in [-0.3, -0.25) is 4.79 Å². The van der Waals surface area contributed by atoms with Gasteiger partial charge < -0.3 is 16.0 Å². The van der Waals surface area contributed by atoms with Gasteiger partial charge in [0, 0.05) is 22.3 Å². The van der Waals surface area contributed by atoms with Gasteiger partial charge in [-0.1, -0.05) is 6.07 Å². The number of urea groups is 1. The molecule has 2 aromatic rings. The summed E-state index contributed by atoms with van der Waals surface area (Å²) < 4.78 is 0. The van der Waals surface area contributed by atoms with Gasteiger partial charge in [0.2, 0.25) is 0 Å². The largest absolute Gasteiger partial charge is 0.336 e. The Morgan fingerprint density at radius 2 is 1.70 bits per heavy atom. The smallest absolute Gasteiger partial charge is 0.319 e. The molecule has 0 radical (unpaired) electrons. The highest BCUT2D eigenvalue weighted by Gasteiger charge is 2.11. The van der Waals surface area contributed by atoms with Crippen LogP contribution in [0, 0.1) is 13.8 Å². The van der Waals surface area contributed by atoms with Crippen LogP contribution in [0.25, 0.3) is 0 Å². The van der Waals surface area contributed by atoms with Gasteiger partial charge in [-0.05, 0) is 57.5 Å². The first-order valence-corrected chi connectivity index (χ1v) is 8.23. The molecule has 1 heterocycles. The second-order valence-corrected chi connectivity index (χ2v) is 6.89. The average Bonchev–Trinajstić information content (AvgIpc) is 2.78. The zero-order valence-electron chi connectivity index (χ0n) is 13.7. The second-order valence-electron chi connectivity index (χ2n) is 5.64. The Bertz CT molecular complexity index is 703. The number of hydrogen-bond acceptors (Lipinski definition) is 3. The lowest BCUT2D eigenvalue weighted by atomic mass is 10.2. The molecule has 0 spiro atoms. The molecule has 0 aliphatic carbocycles. The third-order valence-corrected chi connectivity index (χ3v) is 4.34. The highest BCUT2D eigenvalue weighted by molar-refractivity contribution is 7.14. The average molecular weight is 331 g/mol. The first-order valence-electron chi connectivity index (χ1n) is 7.41. The van der Waals surface area contributed by atoms with Crippen LogP contribution in [0.3, 0.4) is 0 Å². The van der Waals surface area contributed by atoms with Crippen molar-refractivity contribution in [1.29, 1.82) is 0 Å². The van der Waals surface area contributed by atoms with Crippen molar-refractivity contribution in [3.05, 3.63) is 45.6 Å². The number of anilines is 2. The van der Waals surface area contributed by atoms with E-state index in [9.17, 15) is 9.59 Å². The molecule has 3 N–H and O–H groups in total. The lowest BCUT2D eigenvalue weighted by Gasteiger charge is -2.11. The standard InChI is InChI=1S/C17H21N3O2S/c1-10(2)18-17(22)20-14-7-5-6-13(9-14)19-16(21)15-8-11(3)12(4)23-15/h5-10H,1-4H3,(H,19,21)(H2,18,20,22). The van der Waals surface area contributed by atoms with E-state index in [-0.39, 0.29) is 18.0 Å². The van der Waals surface area contributed by atoms with Crippen LogP contribution in [0.1, 0.15) is 34.0 Å². The van der Waals surface area contributed by atoms with Crippen molar-refractivity contribution in [3.8, 4) is 0 Å². The van der Waals surface area contributed by atoms with Gasteiger partial charge in [0.05, 0.1) is 4.88 Å². The van der Waals surface area contributed by atoms with Gasteiger partial charge in [0.25, 0.3) is 5.91 Å². The summed E-state index contributed by atoms with van der Waals surface area (Å²) in [5.74, 6) is -0.144. The molecular formula is C17H21N3O2S. The maximum Gasteiger partial charge on any atom is 0.319 e. The van der Waals surface area contributed by atoms with Crippen LogP contribution < -0.4 is 16.0 Å². The van der Waals surface area contributed by atoms with Crippen LogP contribution in [0.5, 0.6) is 0 Å². The molecule has 23 heavy (non-hydrogen) atoms. The molecule has 0 aliphatic rings. The fourth-order valence-electron chi connectivity index (χ4n) is 1.98. The Morgan fingerprint density at radius 1 is 1.04 bits per heavy atom. The normalized spacial score (nSPS) is 10.5. The lowest BCUT2D eigenvalue weighted by Crippen LogP contribution is -2.34. The number of hydrogen-bond donors (Lipinski definition) is 3. The quantitative estimate of drug-likeness (QED) is 0.788. The zero-order chi connectivity index (χ0) is 17.0. The molecule has 122 valence electrons. The monoisotopic (exact) mass is 331 g/mol. The number of nitrogens with one attached hydrogen (secondary N) is 3. The Morgan fingerprint density at radius 3 is 2.26 bits per heavy atom. The summed E-state index contributed by atoms with van der Waals surface area (Å²) in [5.41, 5.74) is 2.38. The fraction of sp³-hybridized carbons (Fsp3) is 0.294. The van der Waals surface area contributed by atoms with Crippen molar-refractivity contribution in [2.75, 3.05) is 10.6 Å². The van der Waals surface area contributed by atoms with Gasteiger partial charge in [0.1, 0.15) is 0 Å². The molecule has 0 atom stereocenters. The van der Waals surface area contributed by atoms with Crippen molar-refractivity contribution >= 4 is 34.6 Å². The summed E-state index contributed by atoms with van der Waals surface area (Å²) in [6, 6.07) is 8.74. The Labute approximate surface area is 140 Å². The Balaban J connectivity index is 2.05. The predicted molar refractivity (Wildman–Crippen MR) is 95.5 cm³/mol. The topological polar surface area (TPSA) is 70.2 Å². The summed E-state index contributed by atoms with van der Waals surface area (Å²) in [6.45, 7) is 7.76. The summed E-state index contributed by atoms with van der Waals surface area (Å²) in [4.78, 5) is 25.8. The number of rotatable bonds is 4. The van der Waals surface area contributed by atoms with Crippen LogP contribution in [-0.2, 0) is 0 Å². The molecule has 0 aliphatic heterocycles. The SMILES string of the molecule is Cc1cc(C(=O)Nc2cccc(NC(=O)NC(C)C)c2)sc1C. The van der Waals surface area contributed by atoms with Crippen LogP contribution in [0.2, 0.25) is 0 Å². The number of aryl methyl sites for hydroxylation is 2. The summed E-state index contributed by atoms with van der Waals surface area (Å²) in [6.07, 6.45) is 0. The minimum absolute atomic E-state index is 0.0585. The first-order chi connectivity index (χ1) is 10.8. The highest BCUT2D eigenvalue weighted by atomic mass is 32.1. The molecule has 1 aromatic carbocycles. The van der Waals surface area contributed by atoms with Crippen LogP contribution in [0.15, 0.2) is 30.3 Å². The van der Waals surface area contributed by atoms with Crippen molar-refractivity contribution in [2.24, 2.45) is 0 Å². The molecule has 6 heteroatoms. The van der Waals surface area contributed by atoms with Crippen molar-refractivity contribution in [3.63, 3.8) is 0 Å². The molecule has 3 amide bonds. The molecule has 0 saturated carbocycles. The van der Waals surface area contributed by atoms with E-state index >= 15 is 0 Å². The number of carbonyl (C=O) groups is 2. The molecule has 0 saturated heterocycles. The van der Waals surface area contributed by atoms with E-state index in [1.807, 2.05) is 33.8 Å². The van der Waals surface area contributed by atoms with E-state index in [4.69, 9.17) is 0 Å². The second kappa shape index (κ2) is 7.28. The highest BCUT2D eigenvalue weighted by Crippen LogP contribution is 2.22. The van der Waals surface area contributed by atoms with Crippen molar-refractivity contribution in [2.45, 2.75) is 33.7 Å². The first kappa shape index (κ1) is 17.0. The molecule has 1 aromatic heterocycles. The van der Waals surface area contributed by atoms with Crippen LogP contribution in [-0.4, -0.2) is 18.0 Å². The van der Waals surface area contributed by atoms with E-state index in [2.05, 4.69) is 16.0 Å². The third-order valence-electron chi connectivity index (χ3n) is 3.19. The summed E-state index contributed by atoms with van der Waals surface area (Å²) in [5, 5.41) is 8.34. The van der Waals surface area contributed by atoms with E-state index < -0.39 is 0 Å². The molecule has 2 rings (SSSR count). The minimum atomic E-state index is -0.270. The number of benzene rings is 1. The maximum absolute atomic E-state index is 12.3. The maximum atomic E-state index is 12.3. The summed E-state index contributed by atoms with van der Waals surface area (Å²) >= 11 is 1.47. The zero-order valence-corrected chi connectivity index (χ0v) is 14.5. The van der Waals surface area contributed by atoms with Crippen LogP contribution in [0.4, 0.5) is 16.2 Å². The Kier molecular flexibility index (Phi) is 5.39. The molecular weight excluding hydrogens is 310 g/mol. The minimum Gasteiger partial charge on any atom is -0.336 e. The molecule has 0 unspecified atom stereocenters. The number of thiophene rings is 1. The van der Waals surface area contributed by atoms with E-state index in [1.54, 1.807) is 24.3 Å². The van der Waals surface area contributed by atoms with Gasteiger partial charge in [-0.25, -0.2) is 4.79 Å².